The molecule has 2 nitrogen and oxygen atoms in total. The van der Waals surface area contributed by atoms with Gasteiger partial charge in [0.2, 0.25) is 0 Å². The van der Waals surface area contributed by atoms with Crippen molar-refractivity contribution in [1.29, 1.82) is 5.26 Å². The second-order valence-electron chi connectivity index (χ2n) is 1.95. The normalized spacial score (nSPS) is 16.2. The summed E-state index contributed by atoms with van der Waals surface area (Å²) in [6.45, 7) is 1.71. The molecule has 0 aromatic carbocycles. The zero-order valence-corrected chi connectivity index (χ0v) is 6.93. The van der Waals surface area contributed by atoms with Crippen LogP contribution in [0.15, 0.2) is 0 Å². The molecule has 2 unspecified atom stereocenters. The zero-order chi connectivity index (χ0) is 7.28. The highest BCUT2D eigenvalue weighted by molar-refractivity contribution is 9.09. The van der Waals surface area contributed by atoms with Gasteiger partial charge in [-0.1, -0.05) is 15.9 Å². The van der Waals surface area contributed by atoms with Gasteiger partial charge in [-0.15, -0.1) is 0 Å². The van der Waals surface area contributed by atoms with Crippen LogP contribution in [0.25, 0.3) is 0 Å². The van der Waals surface area contributed by atoms with Crippen LogP contribution < -0.4 is 0 Å². The molecule has 0 amide bonds. The lowest BCUT2D eigenvalue weighted by atomic mass is 10.2. The van der Waals surface area contributed by atoms with Crippen molar-refractivity contribution < 1.29 is 5.11 Å². The number of hydrogen-bond acceptors (Lipinski definition) is 2. The van der Waals surface area contributed by atoms with Crippen molar-refractivity contribution in [3.63, 3.8) is 0 Å². The van der Waals surface area contributed by atoms with Gasteiger partial charge in [0, 0.05) is 11.2 Å². The van der Waals surface area contributed by atoms with E-state index >= 15 is 0 Å². The molecule has 0 saturated carbocycles. The van der Waals surface area contributed by atoms with Gasteiger partial charge in [0.1, 0.15) is 0 Å². The number of nitrogens with zero attached hydrogens (tertiary/aromatic N) is 1. The van der Waals surface area contributed by atoms with Crippen LogP contribution >= 0.6 is 15.9 Å². The number of aliphatic hydroxyl groups is 1. The van der Waals surface area contributed by atoms with Gasteiger partial charge in [-0.25, -0.2) is 0 Å². The predicted molar refractivity (Wildman–Crippen MR) is 39.2 cm³/mol. The van der Waals surface area contributed by atoms with Crippen LogP contribution in [0.3, 0.4) is 0 Å². The van der Waals surface area contributed by atoms with Crippen molar-refractivity contribution >= 4 is 15.9 Å². The fraction of sp³-hybridized carbons (Fsp3) is 0.833. The van der Waals surface area contributed by atoms with Crippen molar-refractivity contribution in [2.24, 2.45) is 0 Å². The maximum absolute atomic E-state index is 8.89. The summed E-state index contributed by atoms with van der Waals surface area (Å²) < 4.78 is 0. The molecule has 0 rings (SSSR count). The van der Waals surface area contributed by atoms with Gasteiger partial charge in [-0.3, -0.25) is 0 Å². The number of halogens is 1. The molecule has 0 aliphatic rings. The molecule has 0 radical (unpaired) electrons. The quantitative estimate of drug-likeness (QED) is 0.687. The van der Waals surface area contributed by atoms with E-state index in [4.69, 9.17) is 10.4 Å². The van der Waals surface area contributed by atoms with Crippen LogP contribution in [0.2, 0.25) is 0 Å². The molecule has 3 heteroatoms. The highest BCUT2D eigenvalue weighted by Gasteiger charge is 2.08. The number of nitriles is 1. The van der Waals surface area contributed by atoms with E-state index in [-0.39, 0.29) is 10.9 Å². The summed E-state index contributed by atoms with van der Waals surface area (Å²) in [4.78, 5) is 0.0668. The summed E-state index contributed by atoms with van der Waals surface area (Å²) >= 11 is 3.24. The summed E-state index contributed by atoms with van der Waals surface area (Å²) in [5, 5.41) is 17.0. The van der Waals surface area contributed by atoms with Crippen LogP contribution in [0.1, 0.15) is 19.8 Å². The van der Waals surface area contributed by atoms with Gasteiger partial charge in [-0.05, 0) is 13.3 Å². The monoisotopic (exact) mass is 191 g/mol. The van der Waals surface area contributed by atoms with Gasteiger partial charge in [-0.2, -0.15) is 5.26 Å². The van der Waals surface area contributed by atoms with Gasteiger partial charge >= 0.3 is 0 Å². The van der Waals surface area contributed by atoms with Crippen molar-refractivity contribution in [2.75, 3.05) is 0 Å². The van der Waals surface area contributed by atoms with E-state index in [1.165, 1.54) is 0 Å². The molecule has 0 aromatic heterocycles. The topological polar surface area (TPSA) is 44.0 Å². The SMILES string of the molecule is CC(O)C(Br)CCC#N. The Hall–Kier alpha value is -0.0700. The van der Waals surface area contributed by atoms with Crippen molar-refractivity contribution in [3.8, 4) is 6.07 Å². The summed E-state index contributed by atoms with van der Waals surface area (Å²) in [6, 6.07) is 2.01. The van der Waals surface area contributed by atoms with E-state index in [1.54, 1.807) is 6.92 Å². The highest BCUT2D eigenvalue weighted by atomic mass is 79.9. The highest BCUT2D eigenvalue weighted by Crippen LogP contribution is 2.11. The third-order valence-electron chi connectivity index (χ3n) is 1.06. The van der Waals surface area contributed by atoms with Crippen molar-refractivity contribution in [2.45, 2.75) is 30.7 Å². The molecule has 0 fully saturated rings. The van der Waals surface area contributed by atoms with Gasteiger partial charge in [0.25, 0.3) is 0 Å². The lowest BCUT2D eigenvalue weighted by Crippen LogP contribution is -2.15. The zero-order valence-electron chi connectivity index (χ0n) is 5.34. The summed E-state index contributed by atoms with van der Waals surface area (Å²) in [5.74, 6) is 0. The van der Waals surface area contributed by atoms with Gasteiger partial charge in [0.05, 0.1) is 12.2 Å². The first-order valence-electron chi connectivity index (χ1n) is 2.87. The Morgan fingerprint density at radius 1 is 1.78 bits per heavy atom. The lowest BCUT2D eigenvalue weighted by Gasteiger charge is -2.08. The van der Waals surface area contributed by atoms with E-state index in [2.05, 4.69) is 15.9 Å². The summed E-state index contributed by atoms with van der Waals surface area (Å²) in [5.41, 5.74) is 0. The van der Waals surface area contributed by atoms with Crippen LogP contribution in [-0.2, 0) is 0 Å². The molecule has 0 spiro atoms. The minimum absolute atomic E-state index is 0.0668. The average molecular weight is 192 g/mol. The number of rotatable bonds is 3. The van der Waals surface area contributed by atoms with E-state index in [9.17, 15) is 0 Å². The Bertz CT molecular complexity index is 108. The number of aliphatic hydroxyl groups excluding tert-OH is 1. The number of alkyl halides is 1. The molecule has 0 aliphatic heterocycles. The van der Waals surface area contributed by atoms with Crippen molar-refractivity contribution in [1.82, 2.24) is 0 Å². The van der Waals surface area contributed by atoms with Crippen LogP contribution in [0, 0.1) is 11.3 Å². The fourth-order valence-electron chi connectivity index (χ4n) is 0.444. The molecular formula is C6H10BrNO. The summed E-state index contributed by atoms with van der Waals surface area (Å²) in [7, 11) is 0. The largest absolute Gasteiger partial charge is 0.392 e. The molecule has 2 atom stereocenters. The standard InChI is InChI=1S/C6H10BrNO/c1-5(9)6(7)3-2-4-8/h5-6,9H,2-3H2,1H3. The first-order chi connectivity index (χ1) is 4.18. The van der Waals surface area contributed by atoms with Crippen molar-refractivity contribution in [3.05, 3.63) is 0 Å². The Morgan fingerprint density at radius 3 is 2.67 bits per heavy atom. The van der Waals surface area contributed by atoms with Gasteiger partial charge < -0.3 is 5.11 Å². The molecule has 0 aliphatic carbocycles. The Balaban J connectivity index is 3.29. The minimum Gasteiger partial charge on any atom is -0.392 e. The smallest absolute Gasteiger partial charge is 0.0637 e. The maximum Gasteiger partial charge on any atom is 0.0637 e. The minimum atomic E-state index is -0.363. The summed E-state index contributed by atoms with van der Waals surface area (Å²) in [6.07, 6.45) is 0.855. The molecule has 0 aromatic rings. The average Bonchev–Trinajstić information content (AvgIpc) is 1.82. The lowest BCUT2D eigenvalue weighted by molar-refractivity contribution is 0.190. The third kappa shape index (κ3) is 4.43. The Labute approximate surface area is 63.6 Å². The molecule has 9 heavy (non-hydrogen) atoms. The fourth-order valence-corrected chi connectivity index (χ4v) is 0.673. The first kappa shape index (κ1) is 8.93. The molecule has 52 valence electrons. The maximum atomic E-state index is 8.89. The van der Waals surface area contributed by atoms with E-state index < -0.39 is 0 Å². The molecule has 1 N–H and O–H groups in total. The first-order valence-corrected chi connectivity index (χ1v) is 3.79. The molecular weight excluding hydrogens is 182 g/mol. The Kier molecular flexibility index (Phi) is 4.74. The van der Waals surface area contributed by atoms with Gasteiger partial charge in [0.15, 0.2) is 0 Å². The molecule has 0 heterocycles. The molecule has 0 saturated heterocycles. The molecule has 0 bridgehead atoms. The van der Waals surface area contributed by atoms with E-state index in [0.29, 0.717) is 12.8 Å². The Morgan fingerprint density at radius 2 is 2.33 bits per heavy atom. The van der Waals surface area contributed by atoms with E-state index in [1.807, 2.05) is 6.07 Å². The second-order valence-corrected chi connectivity index (χ2v) is 3.13. The van der Waals surface area contributed by atoms with Crippen LogP contribution in [0.5, 0.6) is 0 Å². The third-order valence-corrected chi connectivity index (χ3v) is 2.28. The number of hydrogen-bond donors (Lipinski definition) is 1. The predicted octanol–water partition coefficient (Wildman–Crippen LogP) is 1.43. The van der Waals surface area contributed by atoms with Crippen LogP contribution in [0.4, 0.5) is 0 Å². The van der Waals surface area contributed by atoms with E-state index in [0.717, 1.165) is 0 Å². The second kappa shape index (κ2) is 4.78. The van der Waals surface area contributed by atoms with Crippen LogP contribution in [-0.4, -0.2) is 16.0 Å².